The van der Waals surface area contributed by atoms with Gasteiger partial charge in [-0.15, -0.1) is 0 Å². The fraction of sp³-hybridized carbons (Fsp3) is 0.267. The first-order valence-electron chi connectivity index (χ1n) is 12.8. The van der Waals surface area contributed by atoms with Crippen molar-refractivity contribution in [2.45, 2.75) is 24.9 Å². The molecule has 0 saturated carbocycles. The Morgan fingerprint density at radius 1 is 0.895 bits per heavy atom. The van der Waals surface area contributed by atoms with Gasteiger partial charge in [-0.2, -0.15) is 0 Å². The molecule has 1 N–H and O–H groups in total. The lowest BCUT2D eigenvalue weighted by Gasteiger charge is -2.30. The molecule has 0 aromatic heterocycles. The van der Waals surface area contributed by atoms with Crippen molar-refractivity contribution in [2.24, 2.45) is 11.8 Å². The number of carbonyl (C=O) groups excluding carboxylic acids is 4. The van der Waals surface area contributed by atoms with Crippen LogP contribution in [0.5, 0.6) is 0 Å². The molecule has 6 rings (SSSR count). The molecule has 3 aromatic rings. The van der Waals surface area contributed by atoms with E-state index >= 15 is 0 Å². The summed E-state index contributed by atoms with van der Waals surface area (Å²) in [7, 11) is 0. The van der Waals surface area contributed by atoms with Crippen LogP contribution in [0.3, 0.4) is 0 Å². The Balaban J connectivity index is 1.49. The van der Waals surface area contributed by atoms with Gasteiger partial charge in [-0.3, -0.25) is 29.4 Å². The van der Waals surface area contributed by atoms with E-state index in [1.807, 2.05) is 36.4 Å². The van der Waals surface area contributed by atoms with Gasteiger partial charge >= 0.3 is 5.97 Å². The smallest absolute Gasteiger partial charge is 0.326 e. The molecule has 4 atom stereocenters. The Kier molecular flexibility index (Phi) is 5.84. The molecule has 2 saturated heterocycles. The minimum atomic E-state index is -1.48. The van der Waals surface area contributed by atoms with Gasteiger partial charge in [0.25, 0.3) is 5.91 Å². The lowest BCUT2D eigenvalue weighted by molar-refractivity contribution is -0.142. The third-order valence-corrected chi connectivity index (χ3v) is 7.77. The van der Waals surface area contributed by atoms with E-state index < -0.39 is 41.2 Å². The number of benzene rings is 3. The standard InChI is InChI=1S/C30H27N3O5/c1-2-38-24(34)18-32-23-16-10-9-15-21(23)30(29(32)37)26-25(22(31-30)17-19-11-5-3-6-12-19)27(35)33(28(26)36)20-13-7-4-8-14-20/h3-16,22,25-26,31H,2,17-18H2,1H3/t22-,25+,26-,30+/m0/s1. The van der Waals surface area contributed by atoms with Gasteiger partial charge in [0.15, 0.2) is 0 Å². The van der Waals surface area contributed by atoms with Gasteiger partial charge < -0.3 is 4.74 Å². The van der Waals surface area contributed by atoms with Gasteiger partial charge in [-0.1, -0.05) is 66.7 Å². The molecule has 3 aliphatic rings. The quantitative estimate of drug-likeness (QED) is 0.406. The zero-order valence-electron chi connectivity index (χ0n) is 20.9. The van der Waals surface area contributed by atoms with Gasteiger partial charge in [0.2, 0.25) is 11.8 Å². The van der Waals surface area contributed by atoms with E-state index in [4.69, 9.17) is 4.74 Å². The third kappa shape index (κ3) is 3.48. The maximum atomic E-state index is 14.3. The van der Waals surface area contributed by atoms with E-state index in [-0.39, 0.29) is 19.1 Å². The van der Waals surface area contributed by atoms with Crippen molar-refractivity contribution in [1.82, 2.24) is 5.32 Å². The number of imide groups is 1. The van der Waals surface area contributed by atoms with Gasteiger partial charge in [-0.25, -0.2) is 4.90 Å². The number of esters is 1. The van der Waals surface area contributed by atoms with Gasteiger partial charge in [0, 0.05) is 17.3 Å². The summed E-state index contributed by atoms with van der Waals surface area (Å²) in [5.74, 6) is -3.44. The number of nitrogens with zero attached hydrogens (tertiary/aromatic N) is 2. The molecule has 3 amide bonds. The van der Waals surface area contributed by atoms with Gasteiger partial charge in [0.1, 0.15) is 12.1 Å². The van der Waals surface area contributed by atoms with Gasteiger partial charge in [-0.05, 0) is 37.1 Å². The Morgan fingerprint density at radius 2 is 1.55 bits per heavy atom. The highest BCUT2D eigenvalue weighted by atomic mass is 16.5. The second kappa shape index (κ2) is 9.22. The molecular weight excluding hydrogens is 482 g/mol. The maximum Gasteiger partial charge on any atom is 0.326 e. The van der Waals surface area contributed by atoms with Crippen LogP contribution in [-0.2, 0) is 35.9 Å². The molecule has 192 valence electrons. The molecule has 2 fully saturated rings. The van der Waals surface area contributed by atoms with Crippen LogP contribution in [0.15, 0.2) is 84.9 Å². The number of nitrogens with one attached hydrogen (secondary N) is 1. The number of amides is 3. The van der Waals surface area contributed by atoms with Crippen molar-refractivity contribution in [3.05, 3.63) is 96.1 Å². The molecular formula is C30H27N3O5. The van der Waals surface area contributed by atoms with Crippen molar-refractivity contribution in [3.63, 3.8) is 0 Å². The Labute approximate surface area is 220 Å². The molecule has 3 heterocycles. The molecule has 38 heavy (non-hydrogen) atoms. The summed E-state index contributed by atoms with van der Waals surface area (Å²) in [6, 6.07) is 25.2. The fourth-order valence-electron chi connectivity index (χ4n) is 6.31. The topological polar surface area (TPSA) is 96.0 Å². The highest BCUT2D eigenvalue weighted by Gasteiger charge is 2.71. The van der Waals surface area contributed by atoms with Crippen molar-refractivity contribution in [3.8, 4) is 0 Å². The number of hydrogen-bond donors (Lipinski definition) is 1. The molecule has 3 aromatic carbocycles. The number of rotatable bonds is 6. The predicted octanol–water partition coefficient (Wildman–Crippen LogP) is 2.81. The SMILES string of the molecule is CCOC(=O)CN1C(=O)[C@@]2(N[C@@H](Cc3ccccc3)[C@H]3C(=O)N(c4ccccc4)C(=O)[C@H]32)c2ccccc21. The summed E-state index contributed by atoms with van der Waals surface area (Å²) >= 11 is 0. The fourth-order valence-corrected chi connectivity index (χ4v) is 6.31. The zero-order valence-corrected chi connectivity index (χ0v) is 20.9. The highest BCUT2D eigenvalue weighted by molar-refractivity contribution is 6.26. The lowest BCUT2D eigenvalue weighted by atomic mass is 9.76. The van der Waals surface area contributed by atoms with E-state index in [2.05, 4.69) is 5.32 Å². The Morgan fingerprint density at radius 3 is 2.26 bits per heavy atom. The second-order valence-electron chi connectivity index (χ2n) is 9.81. The first-order chi connectivity index (χ1) is 18.5. The monoisotopic (exact) mass is 509 g/mol. The molecule has 3 aliphatic heterocycles. The number of hydrogen-bond acceptors (Lipinski definition) is 6. The summed E-state index contributed by atoms with van der Waals surface area (Å²) in [6.07, 6.45) is 0.457. The predicted molar refractivity (Wildman–Crippen MR) is 140 cm³/mol. The maximum absolute atomic E-state index is 14.3. The highest BCUT2D eigenvalue weighted by Crippen LogP contribution is 2.55. The van der Waals surface area contributed by atoms with Crippen LogP contribution in [0.2, 0.25) is 0 Å². The lowest BCUT2D eigenvalue weighted by Crippen LogP contribution is -2.56. The summed E-state index contributed by atoms with van der Waals surface area (Å²) in [6.45, 7) is 1.62. The van der Waals surface area contributed by atoms with E-state index in [9.17, 15) is 19.2 Å². The second-order valence-corrected chi connectivity index (χ2v) is 9.81. The number of ether oxygens (including phenoxy) is 1. The largest absolute Gasteiger partial charge is 0.465 e. The minimum Gasteiger partial charge on any atom is -0.465 e. The van der Waals surface area contributed by atoms with Crippen LogP contribution in [0, 0.1) is 11.8 Å². The van der Waals surface area contributed by atoms with Crippen LogP contribution >= 0.6 is 0 Å². The van der Waals surface area contributed by atoms with Crippen LogP contribution in [0.25, 0.3) is 0 Å². The zero-order chi connectivity index (χ0) is 26.4. The van der Waals surface area contributed by atoms with Gasteiger partial charge in [0.05, 0.1) is 24.1 Å². The van der Waals surface area contributed by atoms with Crippen molar-refractivity contribution in [1.29, 1.82) is 0 Å². The van der Waals surface area contributed by atoms with Crippen LogP contribution in [0.1, 0.15) is 18.1 Å². The van der Waals surface area contributed by atoms with Crippen molar-refractivity contribution < 1.29 is 23.9 Å². The minimum absolute atomic E-state index is 0.189. The van der Waals surface area contributed by atoms with Crippen LogP contribution < -0.4 is 15.1 Å². The molecule has 0 radical (unpaired) electrons. The Hall–Kier alpha value is -4.30. The van der Waals surface area contributed by atoms with E-state index in [1.54, 1.807) is 55.5 Å². The third-order valence-electron chi connectivity index (χ3n) is 7.77. The summed E-state index contributed by atoms with van der Waals surface area (Å²) < 4.78 is 5.14. The number of para-hydroxylation sites is 2. The van der Waals surface area contributed by atoms with E-state index in [0.717, 1.165) is 5.56 Å². The molecule has 8 nitrogen and oxygen atoms in total. The average molecular weight is 510 g/mol. The Bertz CT molecular complexity index is 1430. The summed E-state index contributed by atoms with van der Waals surface area (Å²) in [5.41, 5.74) is 1.11. The molecule has 0 aliphatic carbocycles. The number of fused-ring (bicyclic) bond motifs is 4. The molecule has 1 spiro atoms. The van der Waals surface area contributed by atoms with Crippen LogP contribution in [0.4, 0.5) is 11.4 Å². The first-order valence-corrected chi connectivity index (χ1v) is 12.8. The van der Waals surface area contributed by atoms with E-state index in [1.165, 1.54) is 9.80 Å². The van der Waals surface area contributed by atoms with E-state index in [0.29, 0.717) is 23.4 Å². The normalized spacial score (nSPS) is 25.7. The summed E-state index contributed by atoms with van der Waals surface area (Å²) in [5, 5.41) is 3.48. The molecule has 0 bridgehead atoms. The summed E-state index contributed by atoms with van der Waals surface area (Å²) in [4.78, 5) is 57.5. The van der Waals surface area contributed by atoms with Crippen molar-refractivity contribution in [2.75, 3.05) is 23.0 Å². The molecule has 8 heteroatoms. The first kappa shape index (κ1) is 24.1. The average Bonchev–Trinajstić information content (AvgIpc) is 3.49. The molecule has 0 unspecified atom stereocenters. The number of anilines is 2. The van der Waals surface area contributed by atoms with Crippen molar-refractivity contribution >= 4 is 35.1 Å². The van der Waals surface area contributed by atoms with Crippen LogP contribution in [-0.4, -0.2) is 42.9 Å². The number of carbonyl (C=O) groups is 4.